The lowest BCUT2D eigenvalue weighted by Gasteiger charge is -2.19. The fourth-order valence-electron chi connectivity index (χ4n) is 2.54. The van der Waals surface area contributed by atoms with E-state index >= 15 is 0 Å². The molecule has 0 bridgehead atoms. The van der Waals surface area contributed by atoms with E-state index in [1.54, 1.807) is 23.5 Å². The molecule has 0 aliphatic rings. The molecule has 28 heavy (non-hydrogen) atoms. The Labute approximate surface area is 177 Å². The van der Waals surface area contributed by atoms with Crippen molar-refractivity contribution in [1.82, 2.24) is 0 Å². The minimum atomic E-state index is 0.163. The van der Waals surface area contributed by atoms with Gasteiger partial charge in [-0.1, -0.05) is 92.8 Å². The topological polar surface area (TPSA) is 12.4 Å². The lowest BCUT2D eigenvalue weighted by Crippen LogP contribution is -2.10. The van der Waals surface area contributed by atoms with E-state index in [1.807, 2.05) is 36.4 Å². The zero-order valence-electron chi connectivity index (χ0n) is 16.5. The third kappa shape index (κ3) is 6.43. The molecule has 0 radical (unpaired) electrons. The Morgan fingerprint density at radius 3 is 1.96 bits per heavy atom. The number of thioether (sulfide) groups is 2. The highest BCUT2D eigenvalue weighted by molar-refractivity contribution is 8.14. The van der Waals surface area contributed by atoms with Crippen LogP contribution in [0, 0.1) is 0 Å². The first-order chi connectivity index (χ1) is 13.5. The number of nitrogens with zero attached hydrogens (tertiary/aromatic N) is 1. The van der Waals surface area contributed by atoms with E-state index < -0.39 is 0 Å². The summed E-state index contributed by atoms with van der Waals surface area (Å²) < 4.78 is 0. The summed E-state index contributed by atoms with van der Waals surface area (Å²) in [5.41, 5.74) is 2.47. The van der Waals surface area contributed by atoms with Gasteiger partial charge in [0.05, 0.1) is 5.69 Å². The van der Waals surface area contributed by atoms with Crippen LogP contribution in [0.1, 0.15) is 26.3 Å². The van der Waals surface area contributed by atoms with Gasteiger partial charge in [0.15, 0.2) is 0 Å². The van der Waals surface area contributed by atoms with Crippen LogP contribution in [0.3, 0.4) is 0 Å². The Balaban J connectivity index is 1.79. The van der Waals surface area contributed by atoms with Gasteiger partial charge in [0.2, 0.25) is 0 Å². The van der Waals surface area contributed by atoms with Crippen molar-refractivity contribution in [2.45, 2.75) is 36.0 Å². The average molecular weight is 404 g/mol. The highest BCUT2D eigenvalue weighted by Crippen LogP contribution is 2.28. The molecule has 0 aliphatic carbocycles. The average Bonchev–Trinajstić information content (AvgIpc) is 2.69. The van der Waals surface area contributed by atoms with Gasteiger partial charge in [-0.25, -0.2) is 4.99 Å². The van der Waals surface area contributed by atoms with Crippen molar-refractivity contribution in [3.05, 3.63) is 102 Å². The number of rotatable bonds is 5. The van der Waals surface area contributed by atoms with Gasteiger partial charge in [0, 0.05) is 9.79 Å². The summed E-state index contributed by atoms with van der Waals surface area (Å²) in [5, 5.41) is 3.08. The maximum absolute atomic E-state index is 4.84. The number of aliphatic imine (C=N–C) groups is 1. The molecular formula is C25H25NS2. The van der Waals surface area contributed by atoms with Crippen molar-refractivity contribution < 1.29 is 0 Å². The molecule has 0 fully saturated rings. The van der Waals surface area contributed by atoms with Gasteiger partial charge in [-0.3, -0.25) is 0 Å². The standard InChI is InChI=1S/C25H25NS2/c1-25(2,3)20-14-16-23(17-15-20)28-24(26-21-10-6-4-7-11-21)18-19-27-22-12-8-5-9-13-22/h4-19H,1-3H3. The Bertz CT molecular complexity index is 922. The minimum Gasteiger partial charge on any atom is -0.242 e. The molecule has 0 saturated heterocycles. The summed E-state index contributed by atoms with van der Waals surface area (Å²) in [5.74, 6) is 0. The lowest BCUT2D eigenvalue weighted by molar-refractivity contribution is 0.590. The van der Waals surface area contributed by atoms with Crippen LogP contribution in [0.5, 0.6) is 0 Å². The van der Waals surface area contributed by atoms with Crippen molar-refractivity contribution in [3.8, 4) is 0 Å². The second-order valence-electron chi connectivity index (χ2n) is 7.40. The van der Waals surface area contributed by atoms with Crippen LogP contribution in [0.15, 0.2) is 111 Å². The Hall–Kier alpha value is -2.23. The normalized spacial score (nSPS) is 12.5. The number of hydrogen-bond acceptors (Lipinski definition) is 3. The van der Waals surface area contributed by atoms with E-state index in [1.165, 1.54) is 15.4 Å². The second-order valence-corrected chi connectivity index (χ2v) is 9.47. The molecule has 0 amide bonds. The molecule has 3 heteroatoms. The number of hydrogen-bond donors (Lipinski definition) is 0. The maximum Gasteiger partial charge on any atom is 0.102 e. The third-order valence-electron chi connectivity index (χ3n) is 4.10. The summed E-state index contributed by atoms with van der Waals surface area (Å²) in [7, 11) is 0. The van der Waals surface area contributed by atoms with E-state index in [-0.39, 0.29) is 5.41 Å². The van der Waals surface area contributed by atoms with E-state index in [9.17, 15) is 0 Å². The molecule has 0 spiro atoms. The lowest BCUT2D eigenvalue weighted by atomic mass is 9.87. The second kappa shape index (κ2) is 9.81. The first kappa shape index (κ1) is 20.5. The number of benzene rings is 3. The largest absolute Gasteiger partial charge is 0.242 e. The van der Waals surface area contributed by atoms with Crippen molar-refractivity contribution >= 4 is 34.3 Å². The molecule has 0 aliphatic heterocycles. The Morgan fingerprint density at radius 1 is 0.750 bits per heavy atom. The zero-order valence-corrected chi connectivity index (χ0v) is 18.1. The molecular weight excluding hydrogens is 378 g/mol. The fourth-order valence-corrected chi connectivity index (χ4v) is 4.09. The molecule has 142 valence electrons. The van der Waals surface area contributed by atoms with E-state index in [4.69, 9.17) is 4.99 Å². The molecule has 0 saturated carbocycles. The SMILES string of the molecule is CC(C)(C)c1ccc(SC(C=CSc2ccccc2)=Nc2ccccc2)cc1. The Kier molecular flexibility index (Phi) is 7.18. The van der Waals surface area contributed by atoms with Crippen LogP contribution in [0.25, 0.3) is 0 Å². The smallest absolute Gasteiger partial charge is 0.102 e. The van der Waals surface area contributed by atoms with Crippen molar-refractivity contribution in [1.29, 1.82) is 0 Å². The quantitative estimate of drug-likeness (QED) is 0.242. The van der Waals surface area contributed by atoms with Crippen LogP contribution >= 0.6 is 23.5 Å². The first-order valence-corrected chi connectivity index (χ1v) is 11.0. The molecule has 3 aromatic rings. The van der Waals surface area contributed by atoms with Gasteiger partial charge in [0.1, 0.15) is 5.04 Å². The van der Waals surface area contributed by atoms with Crippen LogP contribution < -0.4 is 0 Å². The van der Waals surface area contributed by atoms with Crippen LogP contribution in [-0.2, 0) is 5.41 Å². The summed E-state index contributed by atoms with van der Waals surface area (Å²) in [6.07, 6.45) is 2.09. The third-order valence-corrected chi connectivity index (χ3v) is 5.86. The van der Waals surface area contributed by atoms with Gasteiger partial charge < -0.3 is 0 Å². The van der Waals surface area contributed by atoms with Gasteiger partial charge >= 0.3 is 0 Å². The van der Waals surface area contributed by atoms with Crippen molar-refractivity contribution in [2.24, 2.45) is 4.99 Å². The van der Waals surface area contributed by atoms with E-state index in [0.717, 1.165) is 10.7 Å². The molecule has 3 aromatic carbocycles. The summed E-state index contributed by atoms with van der Waals surface area (Å²) in [4.78, 5) is 7.25. The molecule has 0 N–H and O–H groups in total. The van der Waals surface area contributed by atoms with Gasteiger partial charge in [-0.2, -0.15) is 0 Å². The fraction of sp³-hybridized carbons (Fsp3) is 0.160. The molecule has 0 heterocycles. The van der Waals surface area contributed by atoms with Crippen molar-refractivity contribution in [3.63, 3.8) is 0 Å². The molecule has 0 unspecified atom stereocenters. The van der Waals surface area contributed by atoms with Crippen LogP contribution in [0.2, 0.25) is 0 Å². The predicted octanol–water partition coefficient (Wildman–Crippen LogP) is 8.11. The summed E-state index contributed by atoms with van der Waals surface area (Å²) in [6.45, 7) is 6.71. The number of para-hydroxylation sites is 1. The van der Waals surface area contributed by atoms with Crippen LogP contribution in [0.4, 0.5) is 5.69 Å². The molecule has 3 rings (SSSR count). The maximum atomic E-state index is 4.84. The van der Waals surface area contributed by atoms with Gasteiger partial charge in [0.25, 0.3) is 0 Å². The highest BCUT2D eigenvalue weighted by atomic mass is 32.2. The predicted molar refractivity (Wildman–Crippen MR) is 126 cm³/mol. The molecule has 1 nitrogen and oxygen atoms in total. The zero-order chi connectivity index (χ0) is 19.8. The summed E-state index contributed by atoms with van der Waals surface area (Å²) >= 11 is 3.39. The van der Waals surface area contributed by atoms with Crippen LogP contribution in [-0.4, -0.2) is 5.04 Å². The van der Waals surface area contributed by atoms with Crippen molar-refractivity contribution in [2.75, 3.05) is 0 Å². The van der Waals surface area contributed by atoms with E-state index in [0.29, 0.717) is 0 Å². The Morgan fingerprint density at radius 2 is 1.36 bits per heavy atom. The highest BCUT2D eigenvalue weighted by Gasteiger charge is 2.13. The van der Waals surface area contributed by atoms with Gasteiger partial charge in [-0.15, -0.1) is 0 Å². The molecule has 0 aromatic heterocycles. The minimum absolute atomic E-state index is 0.163. The first-order valence-electron chi connectivity index (χ1n) is 9.31. The van der Waals surface area contributed by atoms with E-state index in [2.05, 4.69) is 80.8 Å². The monoisotopic (exact) mass is 403 g/mol. The summed E-state index contributed by atoms with van der Waals surface area (Å²) in [6, 6.07) is 29.3. The molecule has 0 atom stereocenters. The van der Waals surface area contributed by atoms with Gasteiger partial charge in [-0.05, 0) is 58.9 Å².